The van der Waals surface area contributed by atoms with Crippen LogP contribution in [0.1, 0.15) is 20.3 Å². The number of amides is 2. The molecule has 2 amide bonds. The fourth-order valence-electron chi connectivity index (χ4n) is 1.83. The summed E-state index contributed by atoms with van der Waals surface area (Å²) in [5.74, 6) is 0.835. The number of rotatable bonds is 4. The van der Waals surface area contributed by atoms with Crippen molar-refractivity contribution in [3.8, 4) is 0 Å². The predicted octanol–water partition coefficient (Wildman–Crippen LogP) is 1.55. The van der Waals surface area contributed by atoms with E-state index >= 15 is 0 Å². The summed E-state index contributed by atoms with van der Waals surface area (Å²) >= 11 is 5.45. The first-order chi connectivity index (χ1) is 8.54. The normalized spacial score (nSPS) is 16.0. The first-order valence-electron chi connectivity index (χ1n) is 6.30. The minimum Gasteiger partial charge on any atom is -0.448 e. The van der Waals surface area contributed by atoms with Crippen molar-refractivity contribution < 1.29 is 14.3 Å². The highest BCUT2D eigenvalue weighted by Crippen LogP contribution is 2.09. The molecule has 1 rings (SSSR count). The van der Waals surface area contributed by atoms with Gasteiger partial charge in [-0.1, -0.05) is 13.8 Å². The molecule has 18 heavy (non-hydrogen) atoms. The molecule has 6 heteroatoms. The number of piperazine rings is 1. The topological polar surface area (TPSA) is 49.9 Å². The minimum absolute atomic E-state index is 0.166. The van der Waals surface area contributed by atoms with Gasteiger partial charge in [-0.15, -0.1) is 11.6 Å². The van der Waals surface area contributed by atoms with Crippen LogP contribution in [0.5, 0.6) is 0 Å². The molecule has 5 nitrogen and oxygen atoms in total. The Hall–Kier alpha value is -0.970. The van der Waals surface area contributed by atoms with Gasteiger partial charge in [-0.25, -0.2) is 4.79 Å². The van der Waals surface area contributed by atoms with Gasteiger partial charge in [-0.05, 0) is 5.92 Å². The van der Waals surface area contributed by atoms with Crippen molar-refractivity contribution in [3.63, 3.8) is 0 Å². The lowest BCUT2D eigenvalue weighted by Crippen LogP contribution is -2.51. The molecule has 0 aliphatic carbocycles. The smallest absolute Gasteiger partial charge is 0.409 e. The summed E-state index contributed by atoms with van der Waals surface area (Å²) in [6.45, 7) is 6.52. The van der Waals surface area contributed by atoms with Crippen molar-refractivity contribution in [1.29, 1.82) is 0 Å². The first kappa shape index (κ1) is 15.1. The second kappa shape index (κ2) is 7.46. The maximum absolute atomic E-state index is 11.8. The number of carbonyl (C=O) groups is 2. The lowest BCUT2D eigenvalue weighted by atomic mass is 10.1. The van der Waals surface area contributed by atoms with Gasteiger partial charge in [0.1, 0.15) is 6.61 Å². The third kappa shape index (κ3) is 4.72. The number of halogens is 1. The molecule has 1 aliphatic rings. The van der Waals surface area contributed by atoms with Crippen LogP contribution in [0.4, 0.5) is 4.79 Å². The van der Waals surface area contributed by atoms with E-state index in [1.165, 1.54) is 0 Å². The van der Waals surface area contributed by atoms with Gasteiger partial charge >= 0.3 is 6.09 Å². The maximum Gasteiger partial charge on any atom is 0.409 e. The zero-order chi connectivity index (χ0) is 13.5. The van der Waals surface area contributed by atoms with Gasteiger partial charge in [0.05, 0.1) is 5.88 Å². The zero-order valence-corrected chi connectivity index (χ0v) is 11.8. The monoisotopic (exact) mass is 276 g/mol. The molecular formula is C12H21ClN2O3. The van der Waals surface area contributed by atoms with Crippen LogP contribution in [-0.4, -0.2) is 60.5 Å². The fourth-order valence-corrected chi connectivity index (χ4v) is 1.91. The van der Waals surface area contributed by atoms with Crippen molar-refractivity contribution >= 4 is 23.6 Å². The van der Waals surface area contributed by atoms with Crippen molar-refractivity contribution in [1.82, 2.24) is 9.80 Å². The van der Waals surface area contributed by atoms with Gasteiger partial charge in [-0.2, -0.15) is 0 Å². The van der Waals surface area contributed by atoms with Crippen LogP contribution in [0.3, 0.4) is 0 Å². The Morgan fingerprint density at radius 2 is 1.72 bits per heavy atom. The van der Waals surface area contributed by atoms with Crippen LogP contribution in [0.2, 0.25) is 0 Å². The summed E-state index contributed by atoms with van der Waals surface area (Å²) < 4.78 is 4.94. The van der Waals surface area contributed by atoms with Gasteiger partial charge in [0, 0.05) is 32.6 Å². The van der Waals surface area contributed by atoms with E-state index in [-0.39, 0.29) is 18.6 Å². The second-order valence-corrected chi connectivity index (χ2v) is 5.15. The third-order valence-corrected chi connectivity index (χ3v) is 2.93. The molecule has 0 bridgehead atoms. The summed E-state index contributed by atoms with van der Waals surface area (Å²) in [7, 11) is 0. The molecule has 1 fully saturated rings. The average molecular weight is 277 g/mol. The van der Waals surface area contributed by atoms with E-state index in [4.69, 9.17) is 16.3 Å². The molecule has 0 N–H and O–H groups in total. The molecule has 1 saturated heterocycles. The number of hydrogen-bond donors (Lipinski definition) is 0. The lowest BCUT2D eigenvalue weighted by Gasteiger charge is -2.34. The van der Waals surface area contributed by atoms with Crippen LogP contribution in [0.15, 0.2) is 0 Å². The number of hydrogen-bond acceptors (Lipinski definition) is 3. The molecule has 0 unspecified atom stereocenters. The Labute approximate surface area is 113 Å². The number of ether oxygens (including phenoxy) is 1. The number of carbonyl (C=O) groups excluding carboxylic acids is 2. The molecule has 1 aliphatic heterocycles. The van der Waals surface area contributed by atoms with Crippen LogP contribution in [-0.2, 0) is 9.53 Å². The van der Waals surface area contributed by atoms with Crippen molar-refractivity contribution in [3.05, 3.63) is 0 Å². The van der Waals surface area contributed by atoms with Crippen LogP contribution >= 0.6 is 11.6 Å². The number of nitrogens with zero attached hydrogens (tertiary/aromatic N) is 2. The van der Waals surface area contributed by atoms with Gasteiger partial charge < -0.3 is 14.5 Å². The number of alkyl halides is 1. The molecule has 0 spiro atoms. The average Bonchev–Trinajstić information content (AvgIpc) is 2.35. The van der Waals surface area contributed by atoms with Crippen LogP contribution in [0.25, 0.3) is 0 Å². The van der Waals surface area contributed by atoms with E-state index < -0.39 is 0 Å². The summed E-state index contributed by atoms with van der Waals surface area (Å²) in [4.78, 5) is 26.8. The summed E-state index contributed by atoms with van der Waals surface area (Å²) in [6, 6.07) is 0. The molecule has 0 aromatic carbocycles. The van der Waals surface area contributed by atoms with E-state index in [1.807, 2.05) is 18.7 Å². The molecule has 104 valence electrons. The van der Waals surface area contributed by atoms with Crippen molar-refractivity contribution in [2.75, 3.05) is 38.7 Å². The zero-order valence-electron chi connectivity index (χ0n) is 11.0. The van der Waals surface area contributed by atoms with E-state index in [0.29, 0.717) is 44.4 Å². The van der Waals surface area contributed by atoms with Crippen molar-refractivity contribution in [2.24, 2.45) is 5.92 Å². The van der Waals surface area contributed by atoms with Gasteiger partial charge in [0.25, 0.3) is 0 Å². The minimum atomic E-state index is -0.341. The highest BCUT2D eigenvalue weighted by atomic mass is 35.5. The van der Waals surface area contributed by atoms with E-state index in [2.05, 4.69) is 0 Å². The molecule has 0 radical (unpaired) electrons. The molecule has 0 aromatic heterocycles. The highest BCUT2D eigenvalue weighted by molar-refractivity contribution is 6.18. The van der Waals surface area contributed by atoms with E-state index in [1.54, 1.807) is 4.90 Å². The molecule has 1 heterocycles. The standard InChI is InChI=1S/C12H21ClN2O3/c1-10(2)9-11(16)14-4-6-15(7-5-14)12(17)18-8-3-13/h10H,3-9H2,1-2H3. The third-order valence-electron chi connectivity index (χ3n) is 2.78. The predicted molar refractivity (Wildman–Crippen MR) is 69.7 cm³/mol. The Morgan fingerprint density at radius 1 is 1.17 bits per heavy atom. The Balaban J connectivity index is 2.32. The summed E-state index contributed by atoms with van der Waals surface area (Å²) in [5, 5.41) is 0. The Morgan fingerprint density at radius 3 is 2.22 bits per heavy atom. The SMILES string of the molecule is CC(C)CC(=O)N1CCN(C(=O)OCCCl)CC1. The maximum atomic E-state index is 11.8. The van der Waals surface area contributed by atoms with Gasteiger partial charge in [0.15, 0.2) is 0 Å². The van der Waals surface area contributed by atoms with Crippen LogP contribution < -0.4 is 0 Å². The Bertz CT molecular complexity index is 289. The molecule has 0 atom stereocenters. The quantitative estimate of drug-likeness (QED) is 0.732. The lowest BCUT2D eigenvalue weighted by molar-refractivity contribution is -0.133. The second-order valence-electron chi connectivity index (χ2n) is 4.77. The van der Waals surface area contributed by atoms with Gasteiger partial charge in [-0.3, -0.25) is 4.79 Å². The van der Waals surface area contributed by atoms with E-state index in [0.717, 1.165) is 0 Å². The largest absolute Gasteiger partial charge is 0.448 e. The summed E-state index contributed by atoms with van der Waals surface area (Å²) in [6.07, 6.45) is 0.225. The van der Waals surface area contributed by atoms with Crippen LogP contribution in [0, 0.1) is 5.92 Å². The molecule has 0 saturated carbocycles. The molecule has 0 aromatic rings. The first-order valence-corrected chi connectivity index (χ1v) is 6.83. The van der Waals surface area contributed by atoms with Gasteiger partial charge in [0.2, 0.25) is 5.91 Å². The Kier molecular flexibility index (Phi) is 6.25. The summed E-state index contributed by atoms with van der Waals surface area (Å²) in [5.41, 5.74) is 0. The fraction of sp³-hybridized carbons (Fsp3) is 0.833. The van der Waals surface area contributed by atoms with Crippen molar-refractivity contribution in [2.45, 2.75) is 20.3 Å². The molecular weight excluding hydrogens is 256 g/mol. The highest BCUT2D eigenvalue weighted by Gasteiger charge is 2.24. The van der Waals surface area contributed by atoms with E-state index in [9.17, 15) is 9.59 Å².